The van der Waals surface area contributed by atoms with Crippen LogP contribution in [0.4, 0.5) is 0 Å². The van der Waals surface area contributed by atoms with Crippen molar-refractivity contribution in [2.75, 3.05) is 0 Å². The molecule has 0 rings (SSSR count). The molecular weight excluding hydrogens is 172 g/mol. The zero-order valence-electron chi connectivity index (χ0n) is 7.93. The average Bonchev–Trinajstić information content (AvgIpc) is 1.88. The molecule has 12 heavy (non-hydrogen) atoms. The van der Waals surface area contributed by atoms with Gasteiger partial charge in [0.1, 0.15) is 5.84 Å². The fourth-order valence-corrected chi connectivity index (χ4v) is 0.917. The molecule has 4 heteroatoms. The fourth-order valence-electron chi connectivity index (χ4n) is 0.639. The molecule has 0 bridgehead atoms. The molecule has 3 nitrogen and oxygen atoms in total. The van der Waals surface area contributed by atoms with Crippen molar-refractivity contribution < 1.29 is 4.79 Å². The third-order valence-corrected chi connectivity index (χ3v) is 1.21. The summed E-state index contributed by atoms with van der Waals surface area (Å²) in [6, 6.07) is 0. The summed E-state index contributed by atoms with van der Waals surface area (Å²) in [5.74, 6) is -0.444. The molecule has 0 saturated carbocycles. The van der Waals surface area contributed by atoms with Crippen LogP contribution in [0, 0.1) is 5.41 Å². The lowest BCUT2D eigenvalue weighted by atomic mass is 10.1. The molecule has 0 aliphatic rings. The van der Waals surface area contributed by atoms with Crippen molar-refractivity contribution in [2.45, 2.75) is 27.7 Å². The van der Waals surface area contributed by atoms with Gasteiger partial charge >= 0.3 is 0 Å². The lowest BCUT2D eigenvalue weighted by Crippen LogP contribution is -2.18. The molecule has 0 heterocycles. The highest BCUT2D eigenvalue weighted by molar-refractivity contribution is 7.84. The minimum atomic E-state index is -0.222. The van der Waals surface area contributed by atoms with E-state index in [1.54, 1.807) is 6.92 Å². The van der Waals surface area contributed by atoms with Crippen molar-refractivity contribution in [1.29, 1.82) is 5.41 Å². The predicted molar refractivity (Wildman–Crippen MR) is 55.6 cm³/mol. The van der Waals surface area contributed by atoms with Gasteiger partial charge in [-0.05, 0) is 18.8 Å². The van der Waals surface area contributed by atoms with Crippen molar-refractivity contribution in [2.24, 2.45) is 5.73 Å². The first-order valence-corrected chi connectivity index (χ1v) is 4.16. The fraction of sp³-hybridized carbons (Fsp3) is 0.500. The van der Waals surface area contributed by atoms with E-state index in [4.69, 9.17) is 11.1 Å². The monoisotopic (exact) mass is 188 g/mol. The highest BCUT2D eigenvalue weighted by Crippen LogP contribution is 2.07. The number of Topliss-reactive ketones (excluding diaryl/α,β-unsaturated/α-hetero) is 1. The number of nitrogens with two attached hydrogens (primary N) is 1. The first kappa shape index (κ1) is 13.8. The Hall–Kier alpha value is -0.770. The number of thiol groups is 1. The third-order valence-electron chi connectivity index (χ3n) is 0.983. The standard InChI is InChI=1S/C6H10N2OS.C2H6/c1-3(9)5(4(2)10)6(7)8;1-2/h10H,1-2H3,(H3,7,8);1-2H3/b5-4-;. The molecule has 0 spiro atoms. The Kier molecular flexibility index (Phi) is 7.94. The summed E-state index contributed by atoms with van der Waals surface area (Å²) in [5.41, 5.74) is 5.29. The Bertz CT molecular complexity index is 189. The highest BCUT2D eigenvalue weighted by Gasteiger charge is 2.08. The van der Waals surface area contributed by atoms with Crippen LogP contribution in [0.1, 0.15) is 27.7 Å². The molecule has 0 aliphatic heterocycles. The summed E-state index contributed by atoms with van der Waals surface area (Å²) >= 11 is 3.91. The first-order chi connectivity index (χ1) is 5.46. The molecule has 70 valence electrons. The van der Waals surface area contributed by atoms with Gasteiger partial charge in [-0.1, -0.05) is 13.8 Å². The zero-order chi connectivity index (χ0) is 10.3. The summed E-state index contributed by atoms with van der Waals surface area (Å²) in [5, 5.41) is 6.96. The van der Waals surface area contributed by atoms with Crippen molar-refractivity contribution >= 4 is 24.2 Å². The topological polar surface area (TPSA) is 66.9 Å². The van der Waals surface area contributed by atoms with Crippen LogP contribution in [0.5, 0.6) is 0 Å². The van der Waals surface area contributed by atoms with Crippen molar-refractivity contribution in [3.05, 3.63) is 10.5 Å². The molecule has 0 fully saturated rings. The van der Waals surface area contributed by atoms with Crippen LogP contribution < -0.4 is 5.73 Å². The SMILES string of the molecule is CC.CC(=O)/C(C(=N)N)=C(\C)S. The molecule has 0 atom stereocenters. The van der Waals surface area contributed by atoms with Gasteiger partial charge in [0.2, 0.25) is 0 Å². The number of hydrogen-bond donors (Lipinski definition) is 3. The second-order valence-electron chi connectivity index (χ2n) is 1.93. The van der Waals surface area contributed by atoms with Crippen LogP contribution in [0.15, 0.2) is 10.5 Å². The molecule has 3 N–H and O–H groups in total. The quantitative estimate of drug-likeness (QED) is 0.267. The van der Waals surface area contributed by atoms with Crippen LogP contribution in [0.3, 0.4) is 0 Å². The minimum absolute atomic E-state index is 0.198. The molecule has 0 aliphatic carbocycles. The maximum absolute atomic E-state index is 10.7. The number of amidine groups is 1. The number of carbonyl (C=O) groups excluding carboxylic acids is 1. The van der Waals surface area contributed by atoms with Gasteiger partial charge in [-0.25, -0.2) is 0 Å². The molecule has 0 saturated heterocycles. The van der Waals surface area contributed by atoms with E-state index in [9.17, 15) is 4.79 Å². The summed E-state index contributed by atoms with van der Waals surface area (Å²) in [6.07, 6.45) is 0. The van der Waals surface area contributed by atoms with Gasteiger partial charge in [0, 0.05) is 0 Å². The number of rotatable bonds is 2. The van der Waals surface area contributed by atoms with Crippen LogP contribution in [0.2, 0.25) is 0 Å². The Morgan fingerprint density at radius 3 is 1.67 bits per heavy atom. The number of hydrogen-bond acceptors (Lipinski definition) is 3. The Morgan fingerprint density at radius 1 is 1.33 bits per heavy atom. The molecule has 0 aromatic carbocycles. The van der Waals surface area contributed by atoms with Crippen molar-refractivity contribution in [3.63, 3.8) is 0 Å². The summed E-state index contributed by atoms with van der Waals surface area (Å²) in [4.78, 5) is 11.2. The molecular formula is C8H16N2OS. The summed E-state index contributed by atoms with van der Waals surface area (Å²) in [7, 11) is 0. The largest absolute Gasteiger partial charge is 0.384 e. The third kappa shape index (κ3) is 4.96. The lowest BCUT2D eigenvalue weighted by molar-refractivity contribution is -0.113. The van der Waals surface area contributed by atoms with E-state index >= 15 is 0 Å². The van der Waals surface area contributed by atoms with E-state index in [1.807, 2.05) is 13.8 Å². The van der Waals surface area contributed by atoms with E-state index in [-0.39, 0.29) is 17.2 Å². The predicted octanol–water partition coefficient (Wildman–Crippen LogP) is 1.74. The zero-order valence-corrected chi connectivity index (χ0v) is 8.83. The molecule has 0 amide bonds. The number of carbonyl (C=O) groups is 1. The van der Waals surface area contributed by atoms with Gasteiger partial charge in [0.25, 0.3) is 0 Å². The lowest BCUT2D eigenvalue weighted by Gasteiger charge is -2.00. The van der Waals surface area contributed by atoms with Gasteiger partial charge in [0.05, 0.1) is 5.57 Å². The maximum Gasteiger partial charge on any atom is 0.164 e. The summed E-state index contributed by atoms with van der Waals surface area (Å²) < 4.78 is 0. The molecule has 0 unspecified atom stereocenters. The second kappa shape index (κ2) is 6.91. The number of ketones is 1. The molecule has 0 aromatic heterocycles. The van der Waals surface area contributed by atoms with Crippen LogP contribution in [-0.4, -0.2) is 11.6 Å². The second-order valence-corrected chi connectivity index (χ2v) is 2.60. The summed E-state index contributed by atoms with van der Waals surface area (Å²) in [6.45, 7) is 6.98. The van der Waals surface area contributed by atoms with Gasteiger partial charge in [0.15, 0.2) is 5.78 Å². The normalized spacial score (nSPS) is 10.8. The van der Waals surface area contributed by atoms with Crippen LogP contribution in [-0.2, 0) is 4.79 Å². The van der Waals surface area contributed by atoms with Gasteiger partial charge in [-0.3, -0.25) is 10.2 Å². The van der Waals surface area contributed by atoms with E-state index in [1.165, 1.54) is 6.92 Å². The minimum Gasteiger partial charge on any atom is -0.384 e. The van der Waals surface area contributed by atoms with Crippen LogP contribution >= 0.6 is 12.6 Å². The smallest absolute Gasteiger partial charge is 0.164 e. The average molecular weight is 188 g/mol. The maximum atomic E-state index is 10.7. The van der Waals surface area contributed by atoms with Crippen LogP contribution in [0.25, 0.3) is 0 Å². The Labute approximate surface area is 79.0 Å². The van der Waals surface area contributed by atoms with Crippen molar-refractivity contribution in [3.8, 4) is 0 Å². The Morgan fingerprint density at radius 2 is 1.67 bits per heavy atom. The van der Waals surface area contributed by atoms with Gasteiger partial charge in [-0.15, -0.1) is 12.6 Å². The first-order valence-electron chi connectivity index (χ1n) is 3.72. The Balaban J connectivity index is 0. The molecule has 0 radical (unpaired) electrons. The van der Waals surface area contributed by atoms with E-state index < -0.39 is 0 Å². The van der Waals surface area contributed by atoms with Crippen molar-refractivity contribution in [1.82, 2.24) is 0 Å². The molecule has 0 aromatic rings. The van der Waals surface area contributed by atoms with Gasteiger partial charge < -0.3 is 5.73 Å². The number of allylic oxidation sites excluding steroid dienone is 1. The van der Waals surface area contributed by atoms with E-state index in [2.05, 4.69) is 12.6 Å². The number of nitrogens with one attached hydrogen (secondary N) is 1. The van der Waals surface area contributed by atoms with E-state index in [0.717, 1.165) is 0 Å². The highest BCUT2D eigenvalue weighted by atomic mass is 32.1. The van der Waals surface area contributed by atoms with E-state index in [0.29, 0.717) is 4.91 Å². The van der Waals surface area contributed by atoms with Gasteiger partial charge in [-0.2, -0.15) is 0 Å².